The fourth-order valence-corrected chi connectivity index (χ4v) is 2.65. The number of amides is 2. The summed E-state index contributed by atoms with van der Waals surface area (Å²) in [7, 11) is 0. The van der Waals surface area contributed by atoms with Crippen LogP contribution in [-0.2, 0) is 0 Å². The number of piperazine rings is 1. The van der Waals surface area contributed by atoms with Crippen LogP contribution in [0.3, 0.4) is 0 Å². The fraction of sp³-hybridized carbons (Fsp3) is 0.588. The zero-order valence-corrected chi connectivity index (χ0v) is 13.6. The number of urea groups is 1. The Labute approximate surface area is 128 Å². The zero-order valence-electron chi connectivity index (χ0n) is 13.6. The van der Waals surface area contributed by atoms with Gasteiger partial charge < -0.3 is 10.2 Å². The third-order valence-corrected chi connectivity index (χ3v) is 4.57. The molecule has 2 amide bonds. The molecule has 0 aliphatic carbocycles. The summed E-state index contributed by atoms with van der Waals surface area (Å²) in [6.45, 7) is 12.2. The summed E-state index contributed by atoms with van der Waals surface area (Å²) < 4.78 is 0. The molecule has 1 aromatic carbocycles. The van der Waals surface area contributed by atoms with Crippen LogP contribution in [0.4, 0.5) is 10.5 Å². The number of nitrogens with zero attached hydrogens (tertiary/aromatic N) is 2. The number of carbonyl (C=O) groups excluding carboxylic acids is 1. The molecule has 1 N–H and O–H groups in total. The van der Waals surface area contributed by atoms with Crippen LogP contribution >= 0.6 is 0 Å². The summed E-state index contributed by atoms with van der Waals surface area (Å²) in [5.74, 6) is 0. The van der Waals surface area contributed by atoms with Crippen LogP contribution in [0.5, 0.6) is 0 Å². The Kier molecular flexibility index (Phi) is 5.23. The van der Waals surface area contributed by atoms with Crippen molar-refractivity contribution in [1.82, 2.24) is 9.80 Å². The highest BCUT2D eigenvalue weighted by Crippen LogP contribution is 2.15. The Morgan fingerprint density at radius 2 is 1.86 bits per heavy atom. The number of aryl methyl sites for hydroxylation is 2. The largest absolute Gasteiger partial charge is 0.322 e. The van der Waals surface area contributed by atoms with Crippen LogP contribution in [0.2, 0.25) is 0 Å². The van der Waals surface area contributed by atoms with Crippen molar-refractivity contribution in [3.63, 3.8) is 0 Å². The standard InChI is InChI=1S/C17H27N3O/c1-5-15(4)19-8-10-20(11-9-19)17(21)18-16-7-6-13(2)14(3)12-16/h6-7,12,15H,5,8-11H2,1-4H3,(H,18,21). The quantitative estimate of drug-likeness (QED) is 0.927. The van der Waals surface area contributed by atoms with Gasteiger partial charge in [0.1, 0.15) is 0 Å². The second-order valence-corrected chi connectivity index (χ2v) is 6.01. The van der Waals surface area contributed by atoms with Crippen molar-refractivity contribution in [3.05, 3.63) is 29.3 Å². The van der Waals surface area contributed by atoms with Gasteiger partial charge >= 0.3 is 6.03 Å². The molecule has 1 fully saturated rings. The van der Waals surface area contributed by atoms with E-state index in [0.717, 1.165) is 38.3 Å². The molecule has 116 valence electrons. The lowest BCUT2D eigenvalue weighted by atomic mass is 10.1. The first kappa shape index (κ1) is 15.8. The molecule has 1 atom stereocenters. The normalized spacial score (nSPS) is 17.6. The van der Waals surface area contributed by atoms with Crippen molar-refractivity contribution in [2.75, 3.05) is 31.5 Å². The minimum atomic E-state index is 0.0158. The first-order chi connectivity index (χ1) is 10.0. The Hall–Kier alpha value is -1.55. The molecular formula is C17H27N3O. The van der Waals surface area contributed by atoms with Crippen molar-refractivity contribution < 1.29 is 4.79 Å². The van der Waals surface area contributed by atoms with Crippen LogP contribution < -0.4 is 5.32 Å². The van der Waals surface area contributed by atoms with Crippen molar-refractivity contribution >= 4 is 11.7 Å². The molecule has 0 aromatic heterocycles. The minimum absolute atomic E-state index is 0.0158. The number of rotatable bonds is 3. The van der Waals surface area contributed by atoms with Crippen LogP contribution in [0.25, 0.3) is 0 Å². The van der Waals surface area contributed by atoms with Crippen molar-refractivity contribution in [3.8, 4) is 0 Å². The van der Waals surface area contributed by atoms with Gasteiger partial charge in [0.15, 0.2) is 0 Å². The van der Waals surface area contributed by atoms with E-state index in [2.05, 4.69) is 37.9 Å². The summed E-state index contributed by atoms with van der Waals surface area (Å²) in [4.78, 5) is 16.7. The van der Waals surface area contributed by atoms with Gasteiger partial charge in [-0.1, -0.05) is 13.0 Å². The number of nitrogens with one attached hydrogen (secondary N) is 1. The Balaban J connectivity index is 1.88. The molecule has 0 bridgehead atoms. The predicted molar refractivity (Wildman–Crippen MR) is 87.8 cm³/mol. The number of hydrogen-bond acceptors (Lipinski definition) is 2. The van der Waals surface area contributed by atoms with Gasteiger partial charge in [0, 0.05) is 37.9 Å². The summed E-state index contributed by atoms with van der Waals surface area (Å²) in [6.07, 6.45) is 1.16. The topological polar surface area (TPSA) is 35.6 Å². The second-order valence-electron chi connectivity index (χ2n) is 6.01. The van der Waals surface area contributed by atoms with Crippen LogP contribution in [0.1, 0.15) is 31.4 Å². The molecule has 1 unspecified atom stereocenters. The molecule has 0 spiro atoms. The number of hydrogen-bond donors (Lipinski definition) is 1. The lowest BCUT2D eigenvalue weighted by Gasteiger charge is -2.37. The zero-order chi connectivity index (χ0) is 15.4. The molecule has 0 saturated carbocycles. The van der Waals surface area contributed by atoms with Gasteiger partial charge in [0.2, 0.25) is 0 Å². The van der Waals surface area contributed by atoms with Crippen molar-refractivity contribution in [1.29, 1.82) is 0 Å². The first-order valence-electron chi connectivity index (χ1n) is 7.88. The Morgan fingerprint density at radius 3 is 2.43 bits per heavy atom. The summed E-state index contributed by atoms with van der Waals surface area (Å²) >= 11 is 0. The molecule has 0 radical (unpaired) electrons. The van der Waals surface area contributed by atoms with Gasteiger partial charge in [0.25, 0.3) is 0 Å². The number of carbonyl (C=O) groups is 1. The maximum atomic E-state index is 12.3. The third-order valence-electron chi connectivity index (χ3n) is 4.57. The van der Waals surface area contributed by atoms with Gasteiger partial charge in [0.05, 0.1) is 0 Å². The van der Waals surface area contributed by atoms with Crippen LogP contribution in [-0.4, -0.2) is 48.1 Å². The molecular weight excluding hydrogens is 262 g/mol. The van der Waals surface area contributed by atoms with Crippen LogP contribution in [0, 0.1) is 13.8 Å². The maximum absolute atomic E-state index is 12.3. The number of benzene rings is 1. The third kappa shape index (κ3) is 3.97. The van der Waals surface area contributed by atoms with Crippen molar-refractivity contribution in [2.45, 2.75) is 40.2 Å². The lowest BCUT2D eigenvalue weighted by Crippen LogP contribution is -2.52. The highest BCUT2D eigenvalue weighted by Gasteiger charge is 2.23. The van der Waals surface area contributed by atoms with E-state index in [-0.39, 0.29) is 6.03 Å². The highest BCUT2D eigenvalue weighted by atomic mass is 16.2. The summed E-state index contributed by atoms with van der Waals surface area (Å²) in [5, 5.41) is 3.01. The molecule has 1 aromatic rings. The minimum Gasteiger partial charge on any atom is -0.322 e. The van der Waals surface area contributed by atoms with Gasteiger partial charge in [-0.25, -0.2) is 4.79 Å². The Bertz CT molecular complexity index is 493. The van der Waals surface area contributed by atoms with E-state index in [9.17, 15) is 4.79 Å². The van der Waals surface area contributed by atoms with Gasteiger partial charge in [-0.05, 0) is 50.5 Å². The summed E-state index contributed by atoms with van der Waals surface area (Å²) in [5.41, 5.74) is 3.33. The SMILES string of the molecule is CCC(C)N1CCN(C(=O)Nc2ccc(C)c(C)c2)CC1. The molecule has 21 heavy (non-hydrogen) atoms. The average Bonchev–Trinajstić information content (AvgIpc) is 2.50. The van der Waals surface area contributed by atoms with Gasteiger partial charge in [-0.3, -0.25) is 4.90 Å². The smallest absolute Gasteiger partial charge is 0.321 e. The number of anilines is 1. The second kappa shape index (κ2) is 6.94. The Morgan fingerprint density at radius 1 is 1.19 bits per heavy atom. The van der Waals surface area contributed by atoms with Gasteiger partial charge in [-0.15, -0.1) is 0 Å². The first-order valence-corrected chi connectivity index (χ1v) is 7.88. The fourth-order valence-electron chi connectivity index (χ4n) is 2.65. The lowest BCUT2D eigenvalue weighted by molar-refractivity contribution is 0.117. The van der Waals surface area contributed by atoms with E-state index in [0.29, 0.717) is 6.04 Å². The van der Waals surface area contributed by atoms with E-state index >= 15 is 0 Å². The highest BCUT2D eigenvalue weighted by molar-refractivity contribution is 5.89. The van der Waals surface area contributed by atoms with Gasteiger partial charge in [-0.2, -0.15) is 0 Å². The van der Waals surface area contributed by atoms with E-state index in [1.54, 1.807) is 0 Å². The van der Waals surface area contributed by atoms with E-state index in [1.807, 2.05) is 23.1 Å². The van der Waals surface area contributed by atoms with E-state index in [4.69, 9.17) is 0 Å². The monoisotopic (exact) mass is 289 g/mol. The molecule has 1 aliphatic rings. The average molecular weight is 289 g/mol. The van der Waals surface area contributed by atoms with Crippen LogP contribution in [0.15, 0.2) is 18.2 Å². The molecule has 1 heterocycles. The molecule has 4 heteroatoms. The molecule has 1 aliphatic heterocycles. The van der Waals surface area contributed by atoms with Crippen molar-refractivity contribution in [2.24, 2.45) is 0 Å². The summed E-state index contributed by atoms with van der Waals surface area (Å²) in [6, 6.07) is 6.67. The molecule has 4 nitrogen and oxygen atoms in total. The maximum Gasteiger partial charge on any atom is 0.321 e. The predicted octanol–water partition coefficient (Wildman–Crippen LogP) is 3.25. The van der Waals surface area contributed by atoms with E-state index in [1.165, 1.54) is 11.1 Å². The molecule has 2 rings (SSSR count). The van der Waals surface area contributed by atoms with E-state index < -0.39 is 0 Å². The molecule has 1 saturated heterocycles.